The fourth-order valence-corrected chi connectivity index (χ4v) is 0.674. The Morgan fingerprint density at radius 3 is 2.30 bits per heavy atom. The van der Waals surface area contributed by atoms with Gasteiger partial charge in [0.15, 0.2) is 0 Å². The molecule has 1 radical (unpaired) electrons. The van der Waals surface area contributed by atoms with E-state index in [2.05, 4.69) is 5.92 Å². The van der Waals surface area contributed by atoms with Crippen molar-refractivity contribution in [2.45, 2.75) is 0 Å². The summed E-state index contributed by atoms with van der Waals surface area (Å²) in [6.45, 7) is 0. The van der Waals surface area contributed by atoms with Gasteiger partial charge in [-0.3, -0.25) is 0 Å². The van der Waals surface area contributed by atoms with Gasteiger partial charge in [-0.25, -0.2) is 0 Å². The molecule has 0 aliphatic carbocycles. The van der Waals surface area contributed by atoms with Crippen molar-refractivity contribution in [1.29, 1.82) is 0 Å². The first-order valence-electron chi connectivity index (χ1n) is 2.93. The van der Waals surface area contributed by atoms with Gasteiger partial charge in [0.1, 0.15) is 5.75 Å². The van der Waals surface area contributed by atoms with E-state index >= 15 is 0 Å². The first kappa shape index (κ1) is 6.70. The number of ether oxygens (including phenoxy) is 1. The Morgan fingerprint density at radius 2 is 1.90 bits per heavy atom. The van der Waals surface area contributed by atoms with E-state index in [1.165, 1.54) is 0 Å². The predicted molar refractivity (Wildman–Crippen MR) is 39.2 cm³/mol. The molecule has 0 aliphatic rings. The third kappa shape index (κ3) is 1.29. The molecule has 0 unspecified atom stereocenters. The van der Waals surface area contributed by atoms with Crippen LogP contribution in [0.3, 0.4) is 0 Å². The molecule has 1 rings (SSSR count). The van der Waals surface area contributed by atoms with Crippen LogP contribution in [0.25, 0.3) is 0 Å². The predicted octanol–water partition coefficient (Wildman–Crippen LogP) is 1.63. The van der Waals surface area contributed by atoms with E-state index in [1.54, 1.807) is 31.4 Å². The summed E-state index contributed by atoms with van der Waals surface area (Å²) >= 11 is 0. The maximum absolute atomic E-state index is 6.78. The van der Waals surface area contributed by atoms with Crippen LogP contribution in [-0.4, -0.2) is 7.11 Å². The monoisotopic (exact) mass is 131 g/mol. The SMILES string of the molecule is [C]#Cc1ccc(OC)cc1. The minimum Gasteiger partial charge on any atom is -0.497 e. The Labute approximate surface area is 60.6 Å². The maximum atomic E-state index is 6.78. The lowest BCUT2D eigenvalue weighted by Crippen LogP contribution is -1.81. The maximum Gasteiger partial charge on any atom is 0.118 e. The largest absolute Gasteiger partial charge is 0.497 e. The number of hydrogen-bond donors (Lipinski definition) is 0. The van der Waals surface area contributed by atoms with Gasteiger partial charge in [0.2, 0.25) is 0 Å². The van der Waals surface area contributed by atoms with Gasteiger partial charge in [0, 0.05) is 5.56 Å². The highest BCUT2D eigenvalue weighted by atomic mass is 16.5. The van der Waals surface area contributed by atoms with Crippen molar-refractivity contribution in [1.82, 2.24) is 0 Å². The number of rotatable bonds is 1. The van der Waals surface area contributed by atoms with E-state index in [1.807, 2.05) is 0 Å². The van der Waals surface area contributed by atoms with E-state index in [9.17, 15) is 0 Å². The van der Waals surface area contributed by atoms with E-state index in [0.717, 1.165) is 11.3 Å². The number of hydrogen-bond acceptors (Lipinski definition) is 1. The van der Waals surface area contributed by atoms with Crippen LogP contribution in [0.1, 0.15) is 5.56 Å². The molecule has 0 N–H and O–H groups in total. The lowest BCUT2D eigenvalue weighted by atomic mass is 10.2. The Balaban J connectivity index is 2.93. The molecule has 1 heteroatoms. The van der Waals surface area contributed by atoms with Crippen LogP contribution in [0.4, 0.5) is 0 Å². The van der Waals surface area contributed by atoms with Gasteiger partial charge in [-0.1, -0.05) is 5.92 Å². The molecule has 0 aromatic heterocycles. The highest BCUT2D eigenvalue weighted by molar-refractivity contribution is 5.35. The summed E-state index contributed by atoms with van der Waals surface area (Å²) < 4.78 is 4.92. The van der Waals surface area contributed by atoms with E-state index in [0.29, 0.717) is 0 Å². The van der Waals surface area contributed by atoms with Crippen LogP contribution < -0.4 is 4.74 Å². The number of benzene rings is 1. The van der Waals surface area contributed by atoms with Crippen molar-refractivity contribution in [3.05, 3.63) is 36.3 Å². The summed E-state index contributed by atoms with van der Waals surface area (Å²) in [5.74, 6) is 3.08. The second kappa shape index (κ2) is 2.93. The van der Waals surface area contributed by atoms with Gasteiger partial charge in [-0.15, -0.1) is 0 Å². The molecule has 0 saturated carbocycles. The Hall–Kier alpha value is -1.42. The van der Waals surface area contributed by atoms with Crippen LogP contribution in [-0.2, 0) is 0 Å². The highest BCUT2D eigenvalue weighted by Crippen LogP contribution is 2.09. The third-order valence-electron chi connectivity index (χ3n) is 1.23. The Kier molecular flexibility index (Phi) is 1.96. The van der Waals surface area contributed by atoms with Crippen molar-refractivity contribution >= 4 is 0 Å². The van der Waals surface area contributed by atoms with Gasteiger partial charge in [0.25, 0.3) is 0 Å². The zero-order valence-electron chi connectivity index (χ0n) is 5.72. The lowest BCUT2D eigenvalue weighted by molar-refractivity contribution is 0.415. The molecule has 0 saturated heterocycles. The molecule has 0 amide bonds. The van der Waals surface area contributed by atoms with Gasteiger partial charge >= 0.3 is 0 Å². The molecule has 49 valence electrons. The van der Waals surface area contributed by atoms with E-state index in [-0.39, 0.29) is 0 Å². The van der Waals surface area contributed by atoms with Crippen LogP contribution in [0, 0.1) is 12.3 Å². The van der Waals surface area contributed by atoms with Crippen LogP contribution in [0.5, 0.6) is 5.75 Å². The number of methoxy groups -OCH3 is 1. The zero-order chi connectivity index (χ0) is 7.40. The lowest BCUT2D eigenvalue weighted by Gasteiger charge is -1.96. The van der Waals surface area contributed by atoms with Gasteiger partial charge in [0.05, 0.1) is 7.11 Å². The normalized spacial score (nSPS) is 8.40. The molecular formula is C9H7O. The molecule has 0 fully saturated rings. The standard InChI is InChI=1S/C9H7O/c1-3-8-4-6-9(10-2)7-5-8/h4-7H,2H3. The summed E-state index contributed by atoms with van der Waals surface area (Å²) in [4.78, 5) is 0. The quantitative estimate of drug-likeness (QED) is 0.526. The van der Waals surface area contributed by atoms with Gasteiger partial charge in [-0.2, -0.15) is 0 Å². The topological polar surface area (TPSA) is 9.23 Å². The minimum absolute atomic E-state index is 0.765. The van der Waals surface area contributed by atoms with Crippen LogP contribution in [0.2, 0.25) is 0 Å². The van der Waals surface area contributed by atoms with Gasteiger partial charge < -0.3 is 4.74 Å². The van der Waals surface area contributed by atoms with Crippen LogP contribution in [0.15, 0.2) is 24.3 Å². The molecular weight excluding hydrogens is 124 g/mol. The summed E-state index contributed by atoms with van der Waals surface area (Å²) in [5.41, 5.74) is 0.765. The van der Waals surface area contributed by atoms with Crippen molar-refractivity contribution < 1.29 is 4.74 Å². The second-order valence-electron chi connectivity index (χ2n) is 1.85. The first-order chi connectivity index (χ1) is 4.86. The van der Waals surface area contributed by atoms with Crippen molar-refractivity contribution in [3.8, 4) is 11.7 Å². The van der Waals surface area contributed by atoms with Crippen molar-refractivity contribution in [2.75, 3.05) is 7.11 Å². The van der Waals surface area contributed by atoms with Crippen molar-refractivity contribution in [3.63, 3.8) is 0 Å². The van der Waals surface area contributed by atoms with Gasteiger partial charge in [-0.05, 0) is 30.7 Å². The average molecular weight is 131 g/mol. The fraction of sp³-hybridized carbons (Fsp3) is 0.111. The fourth-order valence-electron chi connectivity index (χ4n) is 0.674. The molecule has 0 spiro atoms. The van der Waals surface area contributed by atoms with Crippen LogP contribution >= 0.6 is 0 Å². The van der Waals surface area contributed by atoms with Crippen molar-refractivity contribution in [2.24, 2.45) is 0 Å². The Bertz CT molecular complexity index is 240. The molecule has 1 aromatic carbocycles. The molecule has 0 aliphatic heterocycles. The molecule has 0 bridgehead atoms. The summed E-state index contributed by atoms with van der Waals surface area (Å²) in [7, 11) is 1.61. The summed E-state index contributed by atoms with van der Waals surface area (Å²) in [5, 5.41) is 0. The average Bonchev–Trinajstić information content (AvgIpc) is 2.05. The molecule has 10 heavy (non-hydrogen) atoms. The third-order valence-corrected chi connectivity index (χ3v) is 1.23. The molecule has 0 atom stereocenters. The minimum atomic E-state index is 0.765. The zero-order valence-corrected chi connectivity index (χ0v) is 5.72. The first-order valence-corrected chi connectivity index (χ1v) is 2.93. The highest BCUT2D eigenvalue weighted by Gasteiger charge is 1.87. The molecule has 1 aromatic rings. The Morgan fingerprint density at radius 1 is 1.30 bits per heavy atom. The summed E-state index contributed by atoms with van der Waals surface area (Å²) in [6.07, 6.45) is 6.78. The summed E-state index contributed by atoms with van der Waals surface area (Å²) in [6, 6.07) is 7.17. The van der Waals surface area contributed by atoms with E-state index < -0.39 is 0 Å². The van der Waals surface area contributed by atoms with E-state index in [4.69, 9.17) is 11.2 Å². The molecule has 1 nitrogen and oxygen atoms in total. The smallest absolute Gasteiger partial charge is 0.118 e. The second-order valence-corrected chi connectivity index (χ2v) is 1.85. The molecule has 0 heterocycles.